The molecule has 0 radical (unpaired) electrons. The average molecular weight is 202 g/mol. The van der Waals surface area contributed by atoms with Gasteiger partial charge in [-0.1, -0.05) is 34.1 Å². The summed E-state index contributed by atoms with van der Waals surface area (Å²) in [6, 6.07) is 8.15. The predicted octanol–water partition coefficient (Wildman–Crippen LogP) is 2.33. The van der Waals surface area contributed by atoms with Crippen LogP contribution >= 0.6 is 15.9 Å². The molecule has 0 spiro atoms. The molecular formula is C8H12BrN. The number of hydrogen-bond donors (Lipinski definition) is 1. The Kier molecular flexibility index (Phi) is 5.26. The molecule has 2 N–H and O–H groups in total. The van der Waals surface area contributed by atoms with Crippen LogP contribution < -0.4 is 5.73 Å². The molecule has 0 saturated carbocycles. The Bertz CT molecular complexity index is 165. The van der Waals surface area contributed by atoms with Crippen LogP contribution in [-0.4, -0.2) is 7.05 Å². The van der Waals surface area contributed by atoms with E-state index in [0.717, 1.165) is 0 Å². The smallest absolute Gasteiger partial charge is 0.0204 e. The second-order valence-electron chi connectivity index (χ2n) is 1.75. The molecule has 0 atom stereocenters. The van der Waals surface area contributed by atoms with E-state index in [1.807, 2.05) is 18.2 Å². The van der Waals surface area contributed by atoms with Crippen molar-refractivity contribution in [3.05, 3.63) is 34.3 Å². The molecule has 1 aromatic rings. The van der Waals surface area contributed by atoms with Gasteiger partial charge in [-0.15, -0.1) is 0 Å². The SMILES string of the molecule is CN.Cc1ccccc1Br. The molecular weight excluding hydrogens is 190 g/mol. The minimum absolute atomic E-state index is 1.18. The lowest BCUT2D eigenvalue weighted by Crippen LogP contribution is -1.69. The van der Waals surface area contributed by atoms with Gasteiger partial charge >= 0.3 is 0 Å². The first-order chi connectivity index (χ1) is 4.80. The molecule has 0 aromatic heterocycles. The fourth-order valence-corrected chi connectivity index (χ4v) is 0.836. The Morgan fingerprint density at radius 2 is 1.70 bits per heavy atom. The molecule has 0 bridgehead atoms. The van der Waals surface area contributed by atoms with E-state index in [2.05, 4.69) is 34.7 Å². The minimum Gasteiger partial charge on any atom is -0.333 e. The summed E-state index contributed by atoms with van der Waals surface area (Å²) in [6.45, 7) is 2.07. The van der Waals surface area contributed by atoms with E-state index in [1.54, 1.807) is 0 Å². The third-order valence-corrected chi connectivity index (χ3v) is 1.97. The summed E-state index contributed by atoms with van der Waals surface area (Å²) >= 11 is 3.40. The summed E-state index contributed by atoms with van der Waals surface area (Å²) in [5, 5.41) is 0. The van der Waals surface area contributed by atoms with Crippen LogP contribution in [0.1, 0.15) is 5.56 Å². The predicted molar refractivity (Wildman–Crippen MR) is 49.0 cm³/mol. The van der Waals surface area contributed by atoms with Crippen molar-refractivity contribution < 1.29 is 0 Å². The minimum atomic E-state index is 1.18. The van der Waals surface area contributed by atoms with Crippen LogP contribution in [0, 0.1) is 6.92 Å². The Balaban J connectivity index is 0.000000371. The van der Waals surface area contributed by atoms with Gasteiger partial charge in [-0.05, 0) is 25.6 Å². The van der Waals surface area contributed by atoms with Crippen LogP contribution in [0.2, 0.25) is 0 Å². The van der Waals surface area contributed by atoms with Gasteiger partial charge in [-0.3, -0.25) is 0 Å². The lowest BCUT2D eigenvalue weighted by molar-refractivity contribution is 1.43. The second-order valence-corrected chi connectivity index (χ2v) is 2.60. The van der Waals surface area contributed by atoms with Crippen molar-refractivity contribution in [2.24, 2.45) is 5.73 Å². The molecule has 0 amide bonds. The van der Waals surface area contributed by atoms with Gasteiger partial charge in [-0.25, -0.2) is 0 Å². The van der Waals surface area contributed by atoms with Crippen LogP contribution in [0.25, 0.3) is 0 Å². The normalized spacial score (nSPS) is 8.00. The number of hydrogen-bond acceptors (Lipinski definition) is 1. The molecule has 1 nitrogen and oxygen atoms in total. The van der Waals surface area contributed by atoms with Gasteiger partial charge in [0.05, 0.1) is 0 Å². The monoisotopic (exact) mass is 201 g/mol. The maximum Gasteiger partial charge on any atom is 0.0204 e. The zero-order valence-corrected chi connectivity index (χ0v) is 7.85. The molecule has 0 heterocycles. The van der Waals surface area contributed by atoms with Crippen molar-refractivity contribution in [3.8, 4) is 0 Å². The summed E-state index contributed by atoms with van der Waals surface area (Å²) in [7, 11) is 1.50. The van der Waals surface area contributed by atoms with Crippen molar-refractivity contribution in [2.45, 2.75) is 6.92 Å². The quantitative estimate of drug-likeness (QED) is 0.686. The third kappa shape index (κ3) is 2.99. The Hall–Kier alpha value is -0.340. The Morgan fingerprint density at radius 3 is 2.00 bits per heavy atom. The Morgan fingerprint density at radius 1 is 1.20 bits per heavy atom. The lowest BCUT2D eigenvalue weighted by atomic mass is 10.2. The first kappa shape index (κ1) is 9.66. The lowest BCUT2D eigenvalue weighted by Gasteiger charge is -1.91. The number of rotatable bonds is 0. The van der Waals surface area contributed by atoms with E-state index in [-0.39, 0.29) is 0 Å². The van der Waals surface area contributed by atoms with E-state index >= 15 is 0 Å². The molecule has 0 aliphatic rings. The number of aryl methyl sites for hydroxylation is 1. The summed E-state index contributed by atoms with van der Waals surface area (Å²) < 4.78 is 1.18. The van der Waals surface area contributed by atoms with E-state index in [0.29, 0.717) is 0 Å². The van der Waals surface area contributed by atoms with Gasteiger partial charge < -0.3 is 5.73 Å². The molecule has 0 unspecified atom stereocenters. The van der Waals surface area contributed by atoms with Gasteiger partial charge in [-0.2, -0.15) is 0 Å². The molecule has 0 aliphatic heterocycles. The van der Waals surface area contributed by atoms with Gasteiger partial charge in [0, 0.05) is 4.47 Å². The van der Waals surface area contributed by atoms with Crippen LogP contribution in [-0.2, 0) is 0 Å². The van der Waals surface area contributed by atoms with Crippen molar-refractivity contribution in [1.29, 1.82) is 0 Å². The van der Waals surface area contributed by atoms with E-state index < -0.39 is 0 Å². The van der Waals surface area contributed by atoms with Crippen LogP contribution in [0.15, 0.2) is 28.7 Å². The largest absolute Gasteiger partial charge is 0.333 e. The summed E-state index contributed by atoms with van der Waals surface area (Å²) in [4.78, 5) is 0. The van der Waals surface area contributed by atoms with E-state index in [1.165, 1.54) is 17.1 Å². The molecule has 56 valence electrons. The highest BCUT2D eigenvalue weighted by atomic mass is 79.9. The highest BCUT2D eigenvalue weighted by Gasteiger charge is 1.86. The molecule has 0 saturated heterocycles. The maximum absolute atomic E-state index is 4.50. The van der Waals surface area contributed by atoms with E-state index in [4.69, 9.17) is 0 Å². The number of halogens is 1. The van der Waals surface area contributed by atoms with Gasteiger partial charge in [0.1, 0.15) is 0 Å². The standard InChI is InChI=1S/C7H7Br.CH5N/c1-6-4-2-3-5-7(6)8;1-2/h2-5H,1H3;2H2,1H3. The van der Waals surface area contributed by atoms with Crippen LogP contribution in [0.4, 0.5) is 0 Å². The highest BCUT2D eigenvalue weighted by Crippen LogP contribution is 2.13. The van der Waals surface area contributed by atoms with Crippen molar-refractivity contribution in [2.75, 3.05) is 7.05 Å². The van der Waals surface area contributed by atoms with E-state index in [9.17, 15) is 0 Å². The summed E-state index contributed by atoms with van der Waals surface area (Å²) in [5.41, 5.74) is 5.78. The highest BCUT2D eigenvalue weighted by molar-refractivity contribution is 9.10. The zero-order chi connectivity index (χ0) is 7.98. The van der Waals surface area contributed by atoms with Gasteiger partial charge in [0.15, 0.2) is 0 Å². The third-order valence-electron chi connectivity index (χ3n) is 1.08. The first-order valence-corrected chi connectivity index (χ1v) is 3.89. The van der Waals surface area contributed by atoms with Gasteiger partial charge in [0.2, 0.25) is 0 Å². The molecule has 1 aromatic carbocycles. The van der Waals surface area contributed by atoms with Crippen LogP contribution in [0.3, 0.4) is 0 Å². The maximum atomic E-state index is 4.50. The zero-order valence-electron chi connectivity index (χ0n) is 6.26. The molecule has 10 heavy (non-hydrogen) atoms. The number of nitrogens with two attached hydrogens (primary N) is 1. The molecule has 0 aliphatic carbocycles. The van der Waals surface area contributed by atoms with Crippen molar-refractivity contribution in [3.63, 3.8) is 0 Å². The molecule has 0 fully saturated rings. The fourth-order valence-electron chi connectivity index (χ4n) is 0.551. The summed E-state index contributed by atoms with van der Waals surface area (Å²) in [6.07, 6.45) is 0. The Labute approximate surface area is 70.4 Å². The molecule has 2 heteroatoms. The van der Waals surface area contributed by atoms with Crippen molar-refractivity contribution in [1.82, 2.24) is 0 Å². The van der Waals surface area contributed by atoms with Gasteiger partial charge in [0.25, 0.3) is 0 Å². The first-order valence-electron chi connectivity index (χ1n) is 3.09. The average Bonchev–Trinajstić information content (AvgIpc) is 2.00. The van der Waals surface area contributed by atoms with Crippen LogP contribution in [0.5, 0.6) is 0 Å². The fraction of sp³-hybridized carbons (Fsp3) is 0.250. The molecule has 1 rings (SSSR count). The van der Waals surface area contributed by atoms with Crippen molar-refractivity contribution >= 4 is 15.9 Å². The number of benzene rings is 1. The topological polar surface area (TPSA) is 26.0 Å². The summed E-state index contributed by atoms with van der Waals surface area (Å²) in [5.74, 6) is 0. The second kappa shape index (κ2) is 5.45.